The number of nitrogens with one attached hydrogen (secondary N) is 3. The molecule has 0 radical (unpaired) electrons. The van der Waals surface area contributed by atoms with Crippen LogP contribution in [-0.2, 0) is 4.79 Å². The number of piperazine rings is 1. The summed E-state index contributed by atoms with van der Waals surface area (Å²) in [5.41, 5.74) is 1.78. The summed E-state index contributed by atoms with van der Waals surface area (Å²) in [5.74, 6) is 0.0368. The molecule has 0 aliphatic carbocycles. The molecular formula is C14H19N5O. The van der Waals surface area contributed by atoms with E-state index in [1.165, 1.54) is 0 Å². The predicted octanol–water partition coefficient (Wildman–Crippen LogP) is 0.795. The highest BCUT2D eigenvalue weighted by atomic mass is 16.2. The van der Waals surface area contributed by atoms with E-state index < -0.39 is 0 Å². The third-order valence-electron chi connectivity index (χ3n) is 3.79. The molecule has 1 atom stereocenters. The number of benzene rings is 1. The maximum Gasteiger partial charge on any atom is 0.241 e. The van der Waals surface area contributed by atoms with E-state index in [0.717, 1.165) is 42.8 Å². The molecule has 20 heavy (non-hydrogen) atoms. The van der Waals surface area contributed by atoms with Gasteiger partial charge in [-0.3, -0.25) is 14.8 Å². The Balaban J connectivity index is 1.67. The highest BCUT2D eigenvalue weighted by molar-refractivity contribution is 5.96. The third kappa shape index (κ3) is 2.66. The van der Waals surface area contributed by atoms with Crippen LogP contribution in [0.1, 0.15) is 6.92 Å². The largest absolute Gasteiger partial charge is 0.325 e. The van der Waals surface area contributed by atoms with E-state index in [4.69, 9.17) is 0 Å². The van der Waals surface area contributed by atoms with Crippen molar-refractivity contribution in [3.63, 3.8) is 0 Å². The molecule has 0 bridgehead atoms. The van der Waals surface area contributed by atoms with Gasteiger partial charge in [0.2, 0.25) is 5.91 Å². The summed E-state index contributed by atoms with van der Waals surface area (Å²) in [5, 5.41) is 14.1. The molecule has 6 nitrogen and oxygen atoms in total. The Morgan fingerprint density at radius 1 is 1.40 bits per heavy atom. The fourth-order valence-corrected chi connectivity index (χ4v) is 2.50. The molecule has 1 aliphatic heterocycles. The number of H-pyrrole nitrogens is 1. The second kappa shape index (κ2) is 5.60. The van der Waals surface area contributed by atoms with Crippen molar-refractivity contribution in [3.05, 3.63) is 24.4 Å². The Hall–Kier alpha value is -1.92. The van der Waals surface area contributed by atoms with Crippen molar-refractivity contribution >= 4 is 22.5 Å². The topological polar surface area (TPSA) is 73.0 Å². The van der Waals surface area contributed by atoms with E-state index in [0.29, 0.717) is 0 Å². The van der Waals surface area contributed by atoms with Gasteiger partial charge in [-0.05, 0) is 25.1 Å². The average molecular weight is 273 g/mol. The summed E-state index contributed by atoms with van der Waals surface area (Å²) < 4.78 is 0. The minimum Gasteiger partial charge on any atom is -0.325 e. The van der Waals surface area contributed by atoms with Crippen molar-refractivity contribution in [2.24, 2.45) is 0 Å². The fourth-order valence-electron chi connectivity index (χ4n) is 2.50. The Labute approximate surface area is 117 Å². The SMILES string of the molecule is CC(C(=O)Nc1ccc2[nH]ncc2c1)N1CCNCC1. The summed E-state index contributed by atoms with van der Waals surface area (Å²) in [6, 6.07) is 5.63. The molecule has 1 amide bonds. The standard InChI is InChI=1S/C14H19N5O/c1-10(19-6-4-15-5-7-19)14(20)17-12-2-3-13-11(8-12)9-16-18-13/h2-3,8-10,15H,4-7H2,1H3,(H,16,18)(H,17,20). The summed E-state index contributed by atoms with van der Waals surface area (Å²) in [6.07, 6.45) is 1.75. The molecule has 2 heterocycles. The van der Waals surface area contributed by atoms with Gasteiger partial charge in [0.1, 0.15) is 0 Å². The molecular weight excluding hydrogens is 254 g/mol. The number of anilines is 1. The van der Waals surface area contributed by atoms with Crippen molar-refractivity contribution in [1.82, 2.24) is 20.4 Å². The lowest BCUT2D eigenvalue weighted by atomic mass is 10.2. The van der Waals surface area contributed by atoms with Crippen LogP contribution in [-0.4, -0.2) is 53.2 Å². The second-order valence-corrected chi connectivity index (χ2v) is 5.12. The minimum atomic E-state index is -0.114. The lowest BCUT2D eigenvalue weighted by Gasteiger charge is -2.31. The first kappa shape index (κ1) is 13.1. The van der Waals surface area contributed by atoms with Gasteiger partial charge in [-0.15, -0.1) is 0 Å². The molecule has 2 aromatic rings. The number of aromatic nitrogens is 2. The highest BCUT2D eigenvalue weighted by Crippen LogP contribution is 2.17. The van der Waals surface area contributed by atoms with Gasteiger partial charge in [-0.2, -0.15) is 5.10 Å². The first-order chi connectivity index (χ1) is 9.74. The minimum absolute atomic E-state index is 0.0368. The van der Waals surface area contributed by atoms with Gasteiger partial charge in [0.15, 0.2) is 0 Å². The molecule has 3 N–H and O–H groups in total. The number of amides is 1. The number of hydrogen-bond donors (Lipinski definition) is 3. The maximum atomic E-state index is 12.3. The highest BCUT2D eigenvalue weighted by Gasteiger charge is 2.22. The zero-order chi connectivity index (χ0) is 13.9. The fraction of sp³-hybridized carbons (Fsp3) is 0.429. The van der Waals surface area contributed by atoms with Crippen molar-refractivity contribution < 1.29 is 4.79 Å². The van der Waals surface area contributed by atoms with Gasteiger partial charge in [0, 0.05) is 37.3 Å². The van der Waals surface area contributed by atoms with Crippen LogP contribution < -0.4 is 10.6 Å². The predicted molar refractivity (Wildman–Crippen MR) is 78.6 cm³/mol. The maximum absolute atomic E-state index is 12.3. The molecule has 0 saturated carbocycles. The van der Waals surface area contributed by atoms with Crippen LogP contribution in [0.2, 0.25) is 0 Å². The Bertz CT molecular complexity index is 602. The van der Waals surface area contributed by atoms with Crippen LogP contribution in [0.4, 0.5) is 5.69 Å². The molecule has 6 heteroatoms. The molecule has 1 unspecified atom stereocenters. The first-order valence-corrected chi connectivity index (χ1v) is 6.93. The first-order valence-electron chi connectivity index (χ1n) is 6.93. The average Bonchev–Trinajstić information content (AvgIpc) is 2.95. The van der Waals surface area contributed by atoms with E-state index in [2.05, 4.69) is 25.7 Å². The van der Waals surface area contributed by atoms with Crippen LogP contribution >= 0.6 is 0 Å². The van der Waals surface area contributed by atoms with Crippen molar-refractivity contribution in [1.29, 1.82) is 0 Å². The summed E-state index contributed by atoms with van der Waals surface area (Å²) in [6.45, 7) is 5.67. The van der Waals surface area contributed by atoms with Crippen LogP contribution in [0.3, 0.4) is 0 Å². The van der Waals surface area contributed by atoms with E-state index >= 15 is 0 Å². The molecule has 106 valence electrons. The zero-order valence-corrected chi connectivity index (χ0v) is 11.5. The Morgan fingerprint density at radius 2 is 2.20 bits per heavy atom. The smallest absolute Gasteiger partial charge is 0.241 e. The number of carbonyl (C=O) groups is 1. The molecule has 1 fully saturated rings. The Kier molecular flexibility index (Phi) is 3.66. The van der Waals surface area contributed by atoms with Crippen LogP contribution in [0.5, 0.6) is 0 Å². The van der Waals surface area contributed by atoms with Crippen LogP contribution in [0.25, 0.3) is 10.9 Å². The molecule has 1 aliphatic rings. The molecule has 1 aromatic heterocycles. The van der Waals surface area contributed by atoms with Gasteiger partial charge in [-0.1, -0.05) is 0 Å². The van der Waals surface area contributed by atoms with Gasteiger partial charge in [0.05, 0.1) is 17.8 Å². The quantitative estimate of drug-likeness (QED) is 0.773. The summed E-state index contributed by atoms with van der Waals surface area (Å²) >= 11 is 0. The van der Waals surface area contributed by atoms with Gasteiger partial charge in [0.25, 0.3) is 0 Å². The molecule has 1 saturated heterocycles. The number of fused-ring (bicyclic) bond motifs is 1. The lowest BCUT2D eigenvalue weighted by molar-refractivity contribution is -0.120. The monoisotopic (exact) mass is 273 g/mol. The van der Waals surface area contributed by atoms with Crippen molar-refractivity contribution in [2.75, 3.05) is 31.5 Å². The molecule has 3 rings (SSSR count). The van der Waals surface area contributed by atoms with E-state index in [1.54, 1.807) is 6.20 Å². The molecule has 1 aromatic carbocycles. The van der Waals surface area contributed by atoms with Crippen molar-refractivity contribution in [2.45, 2.75) is 13.0 Å². The summed E-state index contributed by atoms with van der Waals surface area (Å²) in [7, 11) is 0. The van der Waals surface area contributed by atoms with Gasteiger partial charge in [-0.25, -0.2) is 0 Å². The zero-order valence-electron chi connectivity index (χ0n) is 11.5. The van der Waals surface area contributed by atoms with E-state index in [1.807, 2.05) is 25.1 Å². The number of aromatic amines is 1. The number of nitrogens with zero attached hydrogens (tertiary/aromatic N) is 2. The number of carbonyl (C=O) groups excluding carboxylic acids is 1. The van der Waals surface area contributed by atoms with E-state index in [9.17, 15) is 4.79 Å². The van der Waals surface area contributed by atoms with Crippen molar-refractivity contribution in [3.8, 4) is 0 Å². The van der Waals surface area contributed by atoms with Crippen LogP contribution in [0.15, 0.2) is 24.4 Å². The van der Waals surface area contributed by atoms with Crippen LogP contribution in [0, 0.1) is 0 Å². The second-order valence-electron chi connectivity index (χ2n) is 5.12. The normalized spacial score (nSPS) is 18.1. The number of hydrogen-bond acceptors (Lipinski definition) is 4. The third-order valence-corrected chi connectivity index (χ3v) is 3.79. The van der Waals surface area contributed by atoms with E-state index in [-0.39, 0.29) is 11.9 Å². The van der Waals surface area contributed by atoms with Gasteiger partial charge >= 0.3 is 0 Å². The molecule has 0 spiro atoms. The summed E-state index contributed by atoms with van der Waals surface area (Å²) in [4.78, 5) is 14.5. The Morgan fingerprint density at radius 3 is 3.00 bits per heavy atom. The number of rotatable bonds is 3. The van der Waals surface area contributed by atoms with Gasteiger partial charge < -0.3 is 10.6 Å². The lowest BCUT2D eigenvalue weighted by Crippen LogP contribution is -2.51.